The molecule has 4 aliphatic rings. The number of carboxylic acid groups (broad SMARTS) is 2. The van der Waals surface area contributed by atoms with E-state index in [-0.39, 0.29) is 28.4 Å². The van der Waals surface area contributed by atoms with E-state index in [1.807, 2.05) is 18.2 Å². The normalized spacial score (nSPS) is 28.4. The van der Waals surface area contributed by atoms with Crippen LogP contribution in [0.5, 0.6) is 0 Å². The molecule has 4 aliphatic carbocycles. The van der Waals surface area contributed by atoms with Crippen LogP contribution in [-0.4, -0.2) is 22.8 Å². The molecule has 4 saturated carbocycles. The van der Waals surface area contributed by atoms with Crippen LogP contribution in [0.3, 0.4) is 0 Å². The maximum atomic E-state index is 12.7. The van der Waals surface area contributed by atoms with Gasteiger partial charge in [0.1, 0.15) is 5.82 Å². The third kappa shape index (κ3) is 6.91. The number of aliphatic carboxylic acids is 2. The van der Waals surface area contributed by atoms with Crippen molar-refractivity contribution in [2.45, 2.75) is 52.4 Å². The van der Waals surface area contributed by atoms with Crippen LogP contribution in [0.2, 0.25) is 0 Å². The number of carboxylic acids is 2. The number of anilines is 1. The van der Waals surface area contributed by atoms with Crippen molar-refractivity contribution in [2.75, 3.05) is 5.32 Å². The first-order valence-electron chi connectivity index (χ1n) is 9.28. The molecule has 4 fully saturated rings. The second-order valence-corrected chi connectivity index (χ2v) is 7.85. The summed E-state index contributed by atoms with van der Waals surface area (Å²) in [5.74, 6) is 1.18. The van der Waals surface area contributed by atoms with Gasteiger partial charge in [0.15, 0.2) is 0 Å². The van der Waals surface area contributed by atoms with Crippen molar-refractivity contribution in [3.05, 3.63) is 24.4 Å². The molecule has 1 radical (unpaired) electrons. The minimum absolute atomic E-state index is 0. The first-order chi connectivity index (χ1) is 12.7. The number of hydrogen-bond acceptors (Lipinski definition) is 6. The second kappa shape index (κ2) is 10.6. The van der Waals surface area contributed by atoms with Crippen molar-refractivity contribution < 1.29 is 41.7 Å². The van der Waals surface area contributed by atoms with Crippen molar-refractivity contribution in [3.8, 4) is 0 Å². The molecule has 1 N–H and O–H groups in total. The average molecular weight is 438 g/mol. The monoisotopic (exact) mass is 437 g/mol. The van der Waals surface area contributed by atoms with Crippen molar-refractivity contribution >= 4 is 23.7 Å². The minimum Gasteiger partial charge on any atom is -0.550 e. The third-order valence-electron chi connectivity index (χ3n) is 5.43. The zero-order chi connectivity index (χ0) is 20.0. The van der Waals surface area contributed by atoms with E-state index in [1.54, 1.807) is 6.20 Å². The summed E-state index contributed by atoms with van der Waals surface area (Å²) in [6.45, 7) is 1.94. The van der Waals surface area contributed by atoms with Gasteiger partial charge in [-0.3, -0.25) is 4.79 Å². The third-order valence-corrected chi connectivity index (χ3v) is 5.43. The Labute approximate surface area is 175 Å². The summed E-state index contributed by atoms with van der Waals surface area (Å²) in [5, 5.41) is 20.8. The molecule has 28 heavy (non-hydrogen) atoms. The molecule has 0 spiro atoms. The number of nitrogens with zero attached hydrogens (tertiary/aromatic N) is 1. The van der Waals surface area contributed by atoms with E-state index in [1.165, 1.54) is 19.3 Å². The van der Waals surface area contributed by atoms with E-state index in [9.17, 15) is 4.79 Å². The number of hydrogen-bond donors (Lipinski definition) is 1. The van der Waals surface area contributed by atoms with Gasteiger partial charge >= 0.3 is 17.1 Å². The molecular formula is C20H26CuN2O5. The van der Waals surface area contributed by atoms with Crippen LogP contribution in [-0.2, 0) is 31.5 Å². The van der Waals surface area contributed by atoms with E-state index in [2.05, 4.69) is 10.3 Å². The maximum absolute atomic E-state index is 12.7. The minimum atomic E-state index is -1.08. The van der Waals surface area contributed by atoms with Crippen LogP contribution in [0.4, 0.5) is 5.82 Å². The molecule has 1 heterocycles. The number of aromatic nitrogens is 1. The summed E-state index contributed by atoms with van der Waals surface area (Å²) >= 11 is 0. The molecule has 1 aromatic rings. The van der Waals surface area contributed by atoms with E-state index in [4.69, 9.17) is 19.8 Å². The van der Waals surface area contributed by atoms with Crippen LogP contribution < -0.4 is 15.5 Å². The molecule has 0 saturated heterocycles. The molecule has 0 aliphatic heterocycles. The zero-order valence-electron chi connectivity index (χ0n) is 16.1. The Balaban J connectivity index is 0.000000377. The van der Waals surface area contributed by atoms with E-state index in [0.29, 0.717) is 5.82 Å². The predicted octanol–water partition coefficient (Wildman–Crippen LogP) is 0.746. The van der Waals surface area contributed by atoms with Gasteiger partial charge in [-0.05, 0) is 82.3 Å². The molecule has 0 atom stereocenters. The molecule has 8 heteroatoms. The van der Waals surface area contributed by atoms with Crippen LogP contribution in [0.25, 0.3) is 0 Å². The summed E-state index contributed by atoms with van der Waals surface area (Å²) in [4.78, 5) is 34.7. The van der Waals surface area contributed by atoms with Crippen molar-refractivity contribution in [1.82, 2.24) is 4.98 Å². The Hall–Kier alpha value is -1.92. The van der Waals surface area contributed by atoms with Gasteiger partial charge in [0, 0.05) is 18.1 Å². The number of amides is 1. The van der Waals surface area contributed by atoms with Gasteiger partial charge in [-0.1, -0.05) is 6.07 Å². The molecule has 7 nitrogen and oxygen atoms in total. The van der Waals surface area contributed by atoms with Gasteiger partial charge in [0.2, 0.25) is 5.91 Å². The van der Waals surface area contributed by atoms with Crippen LogP contribution >= 0.6 is 0 Å². The van der Waals surface area contributed by atoms with E-state index in [0.717, 1.165) is 50.9 Å². The molecule has 1 amide bonds. The molecule has 157 valence electrons. The van der Waals surface area contributed by atoms with Crippen LogP contribution in [0, 0.1) is 23.2 Å². The fraction of sp³-hybridized carbons (Fsp3) is 0.600. The van der Waals surface area contributed by atoms with Crippen LogP contribution in [0.1, 0.15) is 52.4 Å². The van der Waals surface area contributed by atoms with Gasteiger partial charge in [0.05, 0.1) is 5.41 Å². The topological polar surface area (TPSA) is 122 Å². The molecular weight excluding hydrogens is 412 g/mol. The van der Waals surface area contributed by atoms with Gasteiger partial charge in [-0.15, -0.1) is 0 Å². The van der Waals surface area contributed by atoms with Gasteiger partial charge in [0.25, 0.3) is 0 Å². The van der Waals surface area contributed by atoms with Gasteiger partial charge in [-0.2, -0.15) is 0 Å². The zero-order valence-corrected chi connectivity index (χ0v) is 17.0. The summed E-state index contributed by atoms with van der Waals surface area (Å²) < 4.78 is 0. The number of carbonyl (C=O) groups excluding carboxylic acids is 3. The summed E-state index contributed by atoms with van der Waals surface area (Å²) in [6.07, 6.45) is 9.17. The molecule has 0 unspecified atom stereocenters. The summed E-state index contributed by atoms with van der Waals surface area (Å²) in [7, 11) is 0. The molecule has 0 aromatic carbocycles. The molecule has 5 rings (SSSR count). The fourth-order valence-corrected chi connectivity index (χ4v) is 5.07. The predicted molar refractivity (Wildman–Crippen MR) is 94.8 cm³/mol. The van der Waals surface area contributed by atoms with Crippen molar-refractivity contribution in [2.24, 2.45) is 23.2 Å². The molecule has 1 aromatic heterocycles. The standard InChI is InChI=1S/C16H20N2O.2C2H4O2.Cu/c19-15(18-14-3-1-2-4-17-14)16-8-11-5-12(9-16)7-13(6-11)10-16;2*1-2(3)4;/h1-4,11-13H,5-10H2,(H,17,18,19);2*1H3,(H,3,4);/q;;;+2/p-2. The summed E-state index contributed by atoms with van der Waals surface area (Å²) in [5.41, 5.74) is -0.0771. The van der Waals surface area contributed by atoms with Crippen LogP contribution in [0.15, 0.2) is 24.4 Å². The number of carbonyl (C=O) groups is 3. The largest absolute Gasteiger partial charge is 2.00 e. The molecule has 4 bridgehead atoms. The smallest absolute Gasteiger partial charge is 0.550 e. The fourth-order valence-electron chi connectivity index (χ4n) is 5.07. The Morgan fingerprint density at radius 1 is 0.964 bits per heavy atom. The van der Waals surface area contributed by atoms with E-state index < -0.39 is 11.9 Å². The SMILES string of the molecule is CC(=O)[O-].CC(=O)[O-].O=C(Nc1ccccn1)C12CC3CC(CC(C3)C1)C2.[Cu+2]. The number of nitrogens with one attached hydrogen (secondary N) is 1. The quantitative estimate of drug-likeness (QED) is 0.681. The van der Waals surface area contributed by atoms with E-state index >= 15 is 0 Å². The second-order valence-electron chi connectivity index (χ2n) is 7.85. The number of pyridine rings is 1. The maximum Gasteiger partial charge on any atom is 2.00 e. The Morgan fingerprint density at radius 2 is 1.39 bits per heavy atom. The summed E-state index contributed by atoms with van der Waals surface area (Å²) in [6, 6.07) is 5.67. The Bertz CT molecular complexity index is 625. The van der Waals surface area contributed by atoms with Crippen molar-refractivity contribution in [1.29, 1.82) is 0 Å². The Morgan fingerprint density at radius 3 is 1.75 bits per heavy atom. The number of rotatable bonds is 2. The van der Waals surface area contributed by atoms with Gasteiger partial charge in [-0.25, -0.2) is 4.98 Å². The Kier molecular flexibility index (Phi) is 9.11. The first-order valence-corrected chi connectivity index (χ1v) is 9.28. The first kappa shape index (κ1) is 24.1. The van der Waals surface area contributed by atoms with Crippen molar-refractivity contribution in [3.63, 3.8) is 0 Å². The van der Waals surface area contributed by atoms with Gasteiger partial charge < -0.3 is 25.1 Å². The average Bonchev–Trinajstić information content (AvgIpc) is 2.53.